The van der Waals surface area contributed by atoms with Gasteiger partial charge in [0.05, 0.1) is 18.4 Å². The third-order valence-electron chi connectivity index (χ3n) is 5.44. The molecule has 7 nitrogen and oxygen atoms in total. The number of rotatable bonds is 6. The van der Waals surface area contributed by atoms with Crippen LogP contribution in [0.2, 0.25) is 0 Å². The highest BCUT2D eigenvalue weighted by atomic mass is 19.1. The van der Waals surface area contributed by atoms with Crippen molar-refractivity contribution in [2.24, 2.45) is 7.05 Å². The van der Waals surface area contributed by atoms with Gasteiger partial charge in [0.15, 0.2) is 0 Å². The maximum absolute atomic E-state index is 13.2. The lowest BCUT2D eigenvalue weighted by molar-refractivity contribution is -0.148. The molecule has 0 atom stereocenters. The molecule has 2 heterocycles. The first-order valence-corrected chi connectivity index (χ1v) is 10.6. The average molecular weight is 446 g/mol. The van der Waals surface area contributed by atoms with Crippen LogP contribution >= 0.6 is 0 Å². The first kappa shape index (κ1) is 22.1. The molecular formula is C25H23FN4O3. The van der Waals surface area contributed by atoms with Gasteiger partial charge in [-0.25, -0.2) is 4.39 Å². The highest BCUT2D eigenvalue weighted by Crippen LogP contribution is 2.24. The van der Waals surface area contributed by atoms with Crippen molar-refractivity contribution in [3.05, 3.63) is 77.7 Å². The Balaban J connectivity index is 1.40. The van der Waals surface area contributed by atoms with E-state index in [9.17, 15) is 18.8 Å². The van der Waals surface area contributed by atoms with Crippen molar-refractivity contribution < 1.29 is 18.8 Å². The Morgan fingerprint density at radius 1 is 1.06 bits per heavy atom. The molecule has 4 rings (SSSR count). The highest BCUT2D eigenvalue weighted by Gasteiger charge is 2.25. The standard InChI is InChI=1S/C25H23FN4O3/c1-29-25(18-7-10-20(26)11-8-18)19(15-27-29)9-14-22(31)28-21-12-5-17(6-13-21)16-30-23(32)3-2-4-24(30)33/h5-15H,2-4,16H2,1H3,(H,28,31)/b14-9+. The summed E-state index contributed by atoms with van der Waals surface area (Å²) in [5.74, 6) is -0.941. The molecule has 0 aliphatic carbocycles. The second-order valence-corrected chi connectivity index (χ2v) is 7.83. The molecule has 0 bridgehead atoms. The second-order valence-electron chi connectivity index (χ2n) is 7.83. The van der Waals surface area contributed by atoms with E-state index in [1.807, 2.05) is 0 Å². The Labute approximate surface area is 190 Å². The summed E-state index contributed by atoms with van der Waals surface area (Å²) in [5.41, 5.74) is 3.69. The molecule has 1 saturated heterocycles. The molecule has 1 aliphatic rings. The fourth-order valence-electron chi connectivity index (χ4n) is 3.74. The third kappa shape index (κ3) is 5.23. The van der Waals surface area contributed by atoms with Crippen molar-refractivity contribution in [3.8, 4) is 11.3 Å². The lowest BCUT2D eigenvalue weighted by Crippen LogP contribution is -2.39. The molecule has 8 heteroatoms. The topological polar surface area (TPSA) is 84.3 Å². The van der Waals surface area contributed by atoms with Crippen molar-refractivity contribution in [1.29, 1.82) is 0 Å². The fraction of sp³-hybridized carbons (Fsp3) is 0.200. The van der Waals surface area contributed by atoms with Crippen LogP contribution in [0.3, 0.4) is 0 Å². The lowest BCUT2D eigenvalue weighted by atomic mass is 10.1. The molecule has 0 spiro atoms. The van der Waals surface area contributed by atoms with Crippen LogP contribution in [0.15, 0.2) is 60.8 Å². The van der Waals surface area contributed by atoms with Crippen molar-refractivity contribution in [1.82, 2.24) is 14.7 Å². The van der Waals surface area contributed by atoms with Crippen molar-refractivity contribution >= 4 is 29.5 Å². The van der Waals surface area contributed by atoms with Gasteiger partial charge in [0.2, 0.25) is 17.7 Å². The van der Waals surface area contributed by atoms with Crippen LogP contribution in [0.5, 0.6) is 0 Å². The zero-order valence-electron chi connectivity index (χ0n) is 18.1. The number of carbonyl (C=O) groups is 3. The SMILES string of the molecule is Cn1ncc(/C=C/C(=O)Nc2ccc(CN3C(=O)CCCC3=O)cc2)c1-c1ccc(F)cc1. The highest BCUT2D eigenvalue weighted by molar-refractivity contribution is 6.02. The molecular weight excluding hydrogens is 423 g/mol. The first-order valence-electron chi connectivity index (χ1n) is 10.6. The monoisotopic (exact) mass is 446 g/mol. The molecule has 1 fully saturated rings. The minimum Gasteiger partial charge on any atom is -0.323 e. The zero-order chi connectivity index (χ0) is 23.4. The van der Waals surface area contributed by atoms with Crippen molar-refractivity contribution in [2.45, 2.75) is 25.8 Å². The van der Waals surface area contributed by atoms with E-state index < -0.39 is 0 Å². The Morgan fingerprint density at radius 3 is 2.39 bits per heavy atom. The van der Waals surface area contributed by atoms with E-state index in [2.05, 4.69) is 10.4 Å². The predicted octanol–water partition coefficient (Wildman–Crippen LogP) is 3.92. The number of nitrogens with zero attached hydrogens (tertiary/aromatic N) is 3. The molecule has 168 valence electrons. The molecule has 2 aromatic carbocycles. The number of aromatic nitrogens is 2. The minimum atomic E-state index is -0.322. The molecule has 1 aliphatic heterocycles. The largest absolute Gasteiger partial charge is 0.323 e. The summed E-state index contributed by atoms with van der Waals surface area (Å²) in [4.78, 5) is 37.6. The van der Waals surface area contributed by atoms with E-state index in [1.165, 1.54) is 23.1 Å². The normalized spacial score (nSPS) is 14.2. The number of likely N-dealkylation sites (tertiary alicyclic amines) is 1. The van der Waals surface area contributed by atoms with Gasteiger partial charge in [-0.15, -0.1) is 0 Å². The Bertz CT molecular complexity index is 1200. The Kier molecular flexibility index (Phi) is 6.44. The number of benzene rings is 2. The molecule has 3 aromatic rings. The van der Waals surface area contributed by atoms with E-state index >= 15 is 0 Å². The third-order valence-corrected chi connectivity index (χ3v) is 5.44. The average Bonchev–Trinajstić information content (AvgIpc) is 3.17. The quantitative estimate of drug-likeness (QED) is 0.460. The van der Waals surface area contributed by atoms with E-state index in [0.29, 0.717) is 24.9 Å². The smallest absolute Gasteiger partial charge is 0.248 e. The van der Waals surface area contributed by atoms with E-state index in [-0.39, 0.29) is 30.1 Å². The van der Waals surface area contributed by atoms with Gasteiger partial charge in [-0.3, -0.25) is 24.0 Å². The van der Waals surface area contributed by atoms with Gasteiger partial charge < -0.3 is 5.32 Å². The lowest BCUT2D eigenvalue weighted by Gasteiger charge is -2.24. The van der Waals surface area contributed by atoms with Crippen LogP contribution in [0.1, 0.15) is 30.4 Å². The summed E-state index contributed by atoms with van der Waals surface area (Å²) < 4.78 is 14.9. The second kappa shape index (κ2) is 9.60. The number of anilines is 1. The Hall–Kier alpha value is -4.07. The number of nitrogens with one attached hydrogen (secondary N) is 1. The molecule has 0 unspecified atom stereocenters. The number of aryl methyl sites for hydroxylation is 1. The van der Waals surface area contributed by atoms with Crippen LogP contribution in [0.4, 0.5) is 10.1 Å². The van der Waals surface area contributed by atoms with Crippen LogP contribution in [-0.4, -0.2) is 32.4 Å². The summed E-state index contributed by atoms with van der Waals surface area (Å²) in [5, 5.41) is 7.02. The number of piperidine rings is 1. The van der Waals surface area contributed by atoms with Crippen LogP contribution < -0.4 is 5.32 Å². The van der Waals surface area contributed by atoms with Crippen molar-refractivity contribution in [2.75, 3.05) is 5.32 Å². The molecule has 1 aromatic heterocycles. The minimum absolute atomic E-state index is 0.149. The number of hydrogen-bond donors (Lipinski definition) is 1. The van der Waals surface area contributed by atoms with Crippen molar-refractivity contribution in [3.63, 3.8) is 0 Å². The Morgan fingerprint density at radius 2 is 1.73 bits per heavy atom. The molecule has 1 N–H and O–H groups in total. The number of amides is 3. The zero-order valence-corrected chi connectivity index (χ0v) is 18.1. The van der Waals surface area contributed by atoms with Gasteiger partial charge in [0.1, 0.15) is 5.82 Å². The van der Waals surface area contributed by atoms with Gasteiger partial charge in [-0.2, -0.15) is 5.10 Å². The number of carbonyl (C=O) groups excluding carboxylic acids is 3. The number of imide groups is 1. The fourth-order valence-corrected chi connectivity index (χ4v) is 3.74. The summed E-state index contributed by atoms with van der Waals surface area (Å²) in [6.45, 7) is 0.235. The van der Waals surface area contributed by atoms with Gasteiger partial charge in [0, 0.05) is 42.8 Å². The van der Waals surface area contributed by atoms with Gasteiger partial charge in [0.25, 0.3) is 0 Å². The number of hydrogen-bond acceptors (Lipinski definition) is 4. The molecule has 33 heavy (non-hydrogen) atoms. The van der Waals surface area contributed by atoms with Crippen LogP contribution in [-0.2, 0) is 28.0 Å². The summed E-state index contributed by atoms with van der Waals surface area (Å²) in [7, 11) is 1.78. The van der Waals surface area contributed by atoms with Gasteiger partial charge in [-0.1, -0.05) is 12.1 Å². The predicted molar refractivity (Wildman–Crippen MR) is 122 cm³/mol. The molecule has 3 amide bonds. The van der Waals surface area contributed by atoms with E-state index in [0.717, 1.165) is 22.4 Å². The maximum atomic E-state index is 13.2. The number of halogens is 1. The van der Waals surface area contributed by atoms with Gasteiger partial charge >= 0.3 is 0 Å². The first-order chi connectivity index (χ1) is 15.9. The maximum Gasteiger partial charge on any atom is 0.248 e. The van der Waals surface area contributed by atoms with Crippen LogP contribution in [0, 0.1) is 5.82 Å². The molecule has 0 radical (unpaired) electrons. The van der Waals surface area contributed by atoms with E-state index in [4.69, 9.17) is 0 Å². The van der Waals surface area contributed by atoms with Crippen LogP contribution in [0.25, 0.3) is 17.3 Å². The summed E-state index contributed by atoms with van der Waals surface area (Å²) in [6.07, 6.45) is 6.10. The van der Waals surface area contributed by atoms with Gasteiger partial charge in [-0.05, 0) is 54.5 Å². The molecule has 0 saturated carbocycles. The summed E-state index contributed by atoms with van der Waals surface area (Å²) >= 11 is 0. The van der Waals surface area contributed by atoms with E-state index in [1.54, 1.807) is 60.4 Å². The summed E-state index contributed by atoms with van der Waals surface area (Å²) in [6, 6.07) is 13.1.